The fraction of sp³-hybridized carbons (Fsp3) is 0.611. The number of benzene rings is 1. The molecular formula is C18H30N4O. The third-order valence-corrected chi connectivity index (χ3v) is 4.58. The molecule has 1 amide bonds. The number of hydrogen-bond donors (Lipinski definition) is 1. The van der Waals surface area contributed by atoms with Crippen LogP contribution in [0.5, 0.6) is 0 Å². The van der Waals surface area contributed by atoms with Gasteiger partial charge in [0.2, 0.25) is 5.91 Å². The third kappa shape index (κ3) is 4.94. The molecule has 0 aromatic heterocycles. The zero-order valence-electron chi connectivity index (χ0n) is 14.9. The molecule has 1 aliphatic heterocycles. The van der Waals surface area contributed by atoms with E-state index in [1.165, 1.54) is 5.69 Å². The molecule has 1 heterocycles. The smallest absolute Gasteiger partial charge is 0.238 e. The molecule has 1 N–H and O–H groups in total. The molecule has 1 aromatic rings. The average Bonchev–Trinajstić information content (AvgIpc) is 2.53. The van der Waals surface area contributed by atoms with E-state index in [2.05, 4.69) is 60.0 Å². The predicted octanol–water partition coefficient (Wildman–Crippen LogP) is 2.03. The van der Waals surface area contributed by atoms with Crippen molar-refractivity contribution in [1.82, 2.24) is 9.80 Å². The van der Waals surface area contributed by atoms with E-state index in [4.69, 9.17) is 0 Å². The standard InChI is InChI=1S/C18H30N4O/c1-5-22(6-2)16-7-8-17(15(3)13-16)19-18(23)14-21-11-9-20(4)10-12-21/h7-8,13H,5-6,9-12,14H2,1-4H3,(H,19,23). The molecule has 1 saturated heterocycles. The Bertz CT molecular complexity index is 520. The molecule has 0 saturated carbocycles. The zero-order chi connectivity index (χ0) is 16.8. The van der Waals surface area contributed by atoms with Crippen LogP contribution in [0.25, 0.3) is 0 Å². The second kappa shape index (κ2) is 8.31. The summed E-state index contributed by atoms with van der Waals surface area (Å²) in [7, 11) is 2.12. The van der Waals surface area contributed by atoms with Crippen LogP contribution in [0.15, 0.2) is 18.2 Å². The van der Waals surface area contributed by atoms with Gasteiger partial charge in [-0.2, -0.15) is 0 Å². The summed E-state index contributed by atoms with van der Waals surface area (Å²) in [5.74, 6) is 0.0771. The first-order chi connectivity index (χ1) is 11.0. The second-order valence-corrected chi connectivity index (χ2v) is 6.30. The van der Waals surface area contributed by atoms with Crippen LogP contribution in [0.2, 0.25) is 0 Å². The molecule has 0 spiro atoms. The molecule has 1 aromatic carbocycles. The number of amides is 1. The predicted molar refractivity (Wildman–Crippen MR) is 97.3 cm³/mol. The average molecular weight is 318 g/mol. The van der Waals surface area contributed by atoms with Crippen molar-refractivity contribution in [2.45, 2.75) is 20.8 Å². The zero-order valence-corrected chi connectivity index (χ0v) is 14.9. The molecule has 5 nitrogen and oxygen atoms in total. The number of carbonyl (C=O) groups excluding carboxylic acids is 1. The second-order valence-electron chi connectivity index (χ2n) is 6.30. The third-order valence-electron chi connectivity index (χ3n) is 4.58. The van der Waals surface area contributed by atoms with Crippen LogP contribution in [0, 0.1) is 6.92 Å². The molecule has 0 atom stereocenters. The Labute approximate surface area is 140 Å². The number of piperazine rings is 1. The quantitative estimate of drug-likeness (QED) is 0.871. The van der Waals surface area contributed by atoms with E-state index in [1.807, 2.05) is 6.07 Å². The fourth-order valence-electron chi connectivity index (χ4n) is 2.97. The molecule has 1 fully saturated rings. The van der Waals surface area contributed by atoms with Gasteiger partial charge in [-0.15, -0.1) is 0 Å². The largest absolute Gasteiger partial charge is 0.372 e. The van der Waals surface area contributed by atoms with Crippen molar-refractivity contribution in [1.29, 1.82) is 0 Å². The van der Waals surface area contributed by atoms with E-state index >= 15 is 0 Å². The molecule has 0 radical (unpaired) electrons. The van der Waals surface area contributed by atoms with Gasteiger partial charge in [-0.05, 0) is 51.6 Å². The van der Waals surface area contributed by atoms with Crippen LogP contribution < -0.4 is 10.2 Å². The van der Waals surface area contributed by atoms with E-state index in [-0.39, 0.29) is 5.91 Å². The number of rotatable bonds is 6. The Hall–Kier alpha value is -1.59. The summed E-state index contributed by atoms with van der Waals surface area (Å²) in [4.78, 5) is 19.1. The normalized spacial score (nSPS) is 16.3. The first-order valence-electron chi connectivity index (χ1n) is 8.59. The summed E-state index contributed by atoms with van der Waals surface area (Å²) in [6, 6.07) is 6.26. The van der Waals surface area contributed by atoms with Crippen molar-refractivity contribution in [3.63, 3.8) is 0 Å². The maximum absolute atomic E-state index is 12.3. The van der Waals surface area contributed by atoms with Crippen LogP contribution >= 0.6 is 0 Å². The van der Waals surface area contributed by atoms with Gasteiger partial charge in [0, 0.05) is 50.6 Å². The van der Waals surface area contributed by atoms with E-state index in [0.29, 0.717) is 6.54 Å². The lowest BCUT2D eigenvalue weighted by atomic mass is 10.1. The Morgan fingerprint density at radius 3 is 2.39 bits per heavy atom. The van der Waals surface area contributed by atoms with Crippen molar-refractivity contribution >= 4 is 17.3 Å². The van der Waals surface area contributed by atoms with E-state index in [1.54, 1.807) is 0 Å². The lowest BCUT2D eigenvalue weighted by Crippen LogP contribution is -2.47. The Morgan fingerprint density at radius 1 is 1.17 bits per heavy atom. The summed E-state index contributed by atoms with van der Waals surface area (Å²) < 4.78 is 0. The van der Waals surface area contributed by atoms with Crippen LogP contribution in [-0.4, -0.2) is 68.6 Å². The molecule has 23 heavy (non-hydrogen) atoms. The maximum Gasteiger partial charge on any atom is 0.238 e. The highest BCUT2D eigenvalue weighted by Gasteiger charge is 2.17. The van der Waals surface area contributed by atoms with Crippen LogP contribution in [0.3, 0.4) is 0 Å². The molecular weight excluding hydrogens is 288 g/mol. The first-order valence-corrected chi connectivity index (χ1v) is 8.59. The SMILES string of the molecule is CCN(CC)c1ccc(NC(=O)CN2CCN(C)CC2)c(C)c1. The van der Waals surface area contributed by atoms with Crippen molar-refractivity contribution < 1.29 is 4.79 Å². The van der Waals surface area contributed by atoms with Gasteiger partial charge in [0.25, 0.3) is 0 Å². The minimum atomic E-state index is 0.0771. The summed E-state index contributed by atoms with van der Waals surface area (Å²) in [5, 5.41) is 3.06. The van der Waals surface area contributed by atoms with Crippen LogP contribution in [0.1, 0.15) is 19.4 Å². The summed E-state index contributed by atoms with van der Waals surface area (Å²) in [6.07, 6.45) is 0. The highest BCUT2D eigenvalue weighted by molar-refractivity contribution is 5.93. The number of hydrogen-bond acceptors (Lipinski definition) is 4. The van der Waals surface area contributed by atoms with Gasteiger partial charge in [0.1, 0.15) is 0 Å². The molecule has 2 rings (SSSR count). The number of nitrogens with one attached hydrogen (secondary N) is 1. The van der Waals surface area contributed by atoms with E-state index in [9.17, 15) is 4.79 Å². The minimum absolute atomic E-state index is 0.0771. The van der Waals surface area contributed by atoms with Crippen molar-refractivity contribution in [2.24, 2.45) is 0 Å². The number of carbonyl (C=O) groups is 1. The van der Waals surface area contributed by atoms with Gasteiger partial charge < -0.3 is 15.1 Å². The molecule has 5 heteroatoms. The van der Waals surface area contributed by atoms with E-state index < -0.39 is 0 Å². The van der Waals surface area contributed by atoms with E-state index in [0.717, 1.165) is 50.5 Å². The van der Waals surface area contributed by atoms with Gasteiger partial charge in [-0.25, -0.2) is 0 Å². The summed E-state index contributed by atoms with van der Waals surface area (Å²) >= 11 is 0. The van der Waals surface area contributed by atoms with Crippen molar-refractivity contribution in [3.05, 3.63) is 23.8 Å². The van der Waals surface area contributed by atoms with Crippen molar-refractivity contribution in [2.75, 3.05) is 63.1 Å². The number of nitrogens with zero attached hydrogens (tertiary/aromatic N) is 3. The number of anilines is 2. The number of likely N-dealkylation sites (N-methyl/N-ethyl adjacent to an activating group) is 1. The molecule has 1 aliphatic rings. The molecule has 0 unspecified atom stereocenters. The Kier molecular flexibility index (Phi) is 6.42. The van der Waals surface area contributed by atoms with Gasteiger partial charge in [0.05, 0.1) is 6.54 Å². The van der Waals surface area contributed by atoms with Gasteiger partial charge in [-0.3, -0.25) is 9.69 Å². The van der Waals surface area contributed by atoms with Gasteiger partial charge in [-0.1, -0.05) is 0 Å². The summed E-state index contributed by atoms with van der Waals surface area (Å²) in [5.41, 5.74) is 3.24. The van der Waals surface area contributed by atoms with Gasteiger partial charge in [0.15, 0.2) is 0 Å². The van der Waals surface area contributed by atoms with Crippen LogP contribution in [0.4, 0.5) is 11.4 Å². The fourth-order valence-corrected chi connectivity index (χ4v) is 2.97. The Balaban J connectivity index is 1.93. The highest BCUT2D eigenvalue weighted by atomic mass is 16.2. The van der Waals surface area contributed by atoms with Gasteiger partial charge >= 0.3 is 0 Å². The highest BCUT2D eigenvalue weighted by Crippen LogP contribution is 2.22. The topological polar surface area (TPSA) is 38.8 Å². The maximum atomic E-state index is 12.3. The minimum Gasteiger partial charge on any atom is -0.372 e. The lowest BCUT2D eigenvalue weighted by Gasteiger charge is -2.31. The van der Waals surface area contributed by atoms with Crippen molar-refractivity contribution in [3.8, 4) is 0 Å². The molecule has 0 bridgehead atoms. The summed E-state index contributed by atoms with van der Waals surface area (Å²) in [6.45, 7) is 12.8. The van der Waals surface area contributed by atoms with Crippen LogP contribution in [-0.2, 0) is 4.79 Å². The lowest BCUT2D eigenvalue weighted by molar-refractivity contribution is -0.117. The molecule has 128 valence electrons. The number of aryl methyl sites for hydroxylation is 1. The Morgan fingerprint density at radius 2 is 1.83 bits per heavy atom. The molecule has 0 aliphatic carbocycles. The monoisotopic (exact) mass is 318 g/mol. The first kappa shape index (κ1) is 17.8.